The lowest BCUT2D eigenvalue weighted by Crippen LogP contribution is -2.49. The normalized spacial score (nSPS) is 15.1. The number of carbonyl (C=O) groups is 1. The van der Waals surface area contributed by atoms with Crippen molar-refractivity contribution >= 4 is 28.5 Å². The smallest absolute Gasteiger partial charge is 0.260 e. The fourth-order valence-electron chi connectivity index (χ4n) is 3.49. The molecule has 0 unspecified atom stereocenters. The van der Waals surface area contributed by atoms with Crippen LogP contribution in [0.2, 0.25) is 5.02 Å². The molecular weight excluding hydrogens is 395 g/mol. The third-order valence-electron chi connectivity index (χ3n) is 5.20. The van der Waals surface area contributed by atoms with Gasteiger partial charge in [-0.25, -0.2) is 9.37 Å². The molecule has 0 N–H and O–H groups in total. The zero-order valence-corrected chi connectivity index (χ0v) is 16.9. The van der Waals surface area contributed by atoms with Gasteiger partial charge in [-0.3, -0.25) is 9.69 Å². The van der Waals surface area contributed by atoms with Crippen molar-refractivity contribution in [2.24, 2.45) is 7.05 Å². The predicted octanol–water partition coefficient (Wildman–Crippen LogP) is 3.09. The van der Waals surface area contributed by atoms with Crippen LogP contribution in [0.1, 0.15) is 5.82 Å². The number of nitrogens with zero attached hydrogens (tertiary/aromatic N) is 4. The first-order valence-corrected chi connectivity index (χ1v) is 9.87. The number of ether oxygens (including phenoxy) is 1. The van der Waals surface area contributed by atoms with Crippen molar-refractivity contribution in [2.45, 2.75) is 6.54 Å². The van der Waals surface area contributed by atoms with Crippen LogP contribution in [-0.2, 0) is 18.4 Å². The van der Waals surface area contributed by atoms with E-state index >= 15 is 0 Å². The van der Waals surface area contributed by atoms with Crippen molar-refractivity contribution < 1.29 is 13.9 Å². The number of imidazole rings is 1. The van der Waals surface area contributed by atoms with Gasteiger partial charge in [0.05, 0.1) is 17.6 Å². The van der Waals surface area contributed by atoms with E-state index in [9.17, 15) is 9.18 Å². The van der Waals surface area contributed by atoms with E-state index < -0.39 is 0 Å². The van der Waals surface area contributed by atoms with Crippen LogP contribution in [0.5, 0.6) is 5.75 Å². The molecule has 4 rings (SSSR count). The minimum atomic E-state index is -0.330. The van der Waals surface area contributed by atoms with Crippen LogP contribution < -0.4 is 4.74 Å². The Hall–Kier alpha value is -2.64. The topological polar surface area (TPSA) is 50.6 Å². The Balaban J connectivity index is 1.29. The SMILES string of the molecule is Cn1c(CN2CCN(C(=O)COc3ccc(F)cc3)CC2)nc2cc(Cl)ccc21. The average molecular weight is 417 g/mol. The van der Waals surface area contributed by atoms with Gasteiger partial charge >= 0.3 is 0 Å². The fraction of sp³-hybridized carbons (Fsp3) is 0.333. The largest absolute Gasteiger partial charge is 0.484 e. The summed E-state index contributed by atoms with van der Waals surface area (Å²) in [6, 6.07) is 11.4. The number of fused-ring (bicyclic) bond motifs is 1. The van der Waals surface area contributed by atoms with Gasteiger partial charge in [0, 0.05) is 38.2 Å². The van der Waals surface area contributed by atoms with Crippen LogP contribution in [0.15, 0.2) is 42.5 Å². The highest BCUT2D eigenvalue weighted by Crippen LogP contribution is 2.20. The van der Waals surface area contributed by atoms with Gasteiger partial charge in [0.2, 0.25) is 0 Å². The van der Waals surface area contributed by atoms with Gasteiger partial charge in [0.25, 0.3) is 5.91 Å². The summed E-state index contributed by atoms with van der Waals surface area (Å²) in [5.41, 5.74) is 1.94. The molecule has 3 aromatic rings. The number of amides is 1. The number of hydrogen-bond acceptors (Lipinski definition) is 4. The molecule has 0 spiro atoms. The molecule has 2 aromatic carbocycles. The highest BCUT2D eigenvalue weighted by Gasteiger charge is 2.22. The standard InChI is InChI=1S/C21H22ClFN4O2/c1-25-19-7-2-15(22)12-18(19)24-20(25)13-26-8-10-27(11-9-26)21(28)14-29-17-5-3-16(23)4-6-17/h2-7,12H,8-11,13-14H2,1H3. The monoisotopic (exact) mass is 416 g/mol. The predicted molar refractivity (Wildman–Crippen MR) is 109 cm³/mol. The van der Waals surface area contributed by atoms with Crippen LogP contribution in [0.3, 0.4) is 0 Å². The number of aromatic nitrogens is 2. The third kappa shape index (κ3) is 4.52. The Morgan fingerprint density at radius 2 is 1.86 bits per heavy atom. The fourth-order valence-corrected chi connectivity index (χ4v) is 3.65. The van der Waals surface area contributed by atoms with E-state index in [1.54, 1.807) is 4.90 Å². The van der Waals surface area contributed by atoms with Crippen molar-refractivity contribution in [1.82, 2.24) is 19.4 Å². The summed E-state index contributed by atoms with van der Waals surface area (Å²) in [6.07, 6.45) is 0. The summed E-state index contributed by atoms with van der Waals surface area (Å²) in [4.78, 5) is 21.2. The van der Waals surface area contributed by atoms with Crippen molar-refractivity contribution in [3.8, 4) is 5.75 Å². The number of aryl methyl sites for hydroxylation is 1. The summed E-state index contributed by atoms with van der Waals surface area (Å²) in [7, 11) is 2.01. The first-order chi connectivity index (χ1) is 14.0. The molecule has 29 heavy (non-hydrogen) atoms. The minimum Gasteiger partial charge on any atom is -0.484 e. The number of hydrogen-bond donors (Lipinski definition) is 0. The Labute approximate surface area is 173 Å². The first-order valence-electron chi connectivity index (χ1n) is 9.49. The Morgan fingerprint density at radius 1 is 1.14 bits per heavy atom. The summed E-state index contributed by atoms with van der Waals surface area (Å²) in [6.45, 7) is 3.50. The van der Waals surface area contributed by atoms with Gasteiger partial charge in [0.1, 0.15) is 17.4 Å². The molecule has 0 radical (unpaired) electrons. The van der Waals surface area contributed by atoms with E-state index in [0.717, 1.165) is 36.5 Å². The van der Waals surface area contributed by atoms with Gasteiger partial charge in [-0.1, -0.05) is 11.6 Å². The van der Waals surface area contributed by atoms with Crippen molar-refractivity contribution in [1.29, 1.82) is 0 Å². The molecule has 1 aromatic heterocycles. The lowest BCUT2D eigenvalue weighted by atomic mass is 10.3. The lowest BCUT2D eigenvalue weighted by Gasteiger charge is -2.34. The van der Waals surface area contributed by atoms with Crippen LogP contribution in [0, 0.1) is 5.82 Å². The van der Waals surface area contributed by atoms with Gasteiger partial charge in [-0.05, 0) is 42.5 Å². The lowest BCUT2D eigenvalue weighted by molar-refractivity contribution is -0.135. The molecule has 1 fully saturated rings. The Morgan fingerprint density at radius 3 is 2.59 bits per heavy atom. The van der Waals surface area contributed by atoms with E-state index in [1.807, 2.05) is 25.2 Å². The van der Waals surface area contributed by atoms with Gasteiger partial charge in [0.15, 0.2) is 6.61 Å². The molecule has 6 nitrogen and oxygen atoms in total. The number of piperazine rings is 1. The third-order valence-corrected chi connectivity index (χ3v) is 5.44. The second-order valence-electron chi connectivity index (χ2n) is 7.12. The van der Waals surface area contributed by atoms with Crippen LogP contribution in [-0.4, -0.2) is 58.0 Å². The summed E-state index contributed by atoms with van der Waals surface area (Å²) in [5, 5.41) is 0.678. The molecule has 1 aliphatic heterocycles. The highest BCUT2D eigenvalue weighted by molar-refractivity contribution is 6.31. The average Bonchev–Trinajstić information content (AvgIpc) is 3.02. The van der Waals surface area contributed by atoms with E-state index in [1.165, 1.54) is 24.3 Å². The Bertz CT molecular complexity index is 1010. The maximum Gasteiger partial charge on any atom is 0.260 e. The number of benzene rings is 2. The second-order valence-corrected chi connectivity index (χ2v) is 7.56. The van der Waals surface area contributed by atoms with Crippen LogP contribution >= 0.6 is 11.6 Å². The summed E-state index contributed by atoms with van der Waals surface area (Å²) >= 11 is 6.07. The van der Waals surface area contributed by atoms with Crippen molar-refractivity contribution in [3.05, 3.63) is 59.1 Å². The maximum absolute atomic E-state index is 12.9. The molecule has 8 heteroatoms. The molecule has 1 aliphatic rings. The van der Waals surface area contributed by atoms with Gasteiger partial charge in [-0.2, -0.15) is 0 Å². The number of carbonyl (C=O) groups excluding carboxylic acids is 1. The first kappa shape index (κ1) is 19.7. The molecule has 0 atom stereocenters. The van der Waals surface area contributed by atoms with Crippen molar-refractivity contribution in [3.63, 3.8) is 0 Å². The number of halogens is 2. The summed E-state index contributed by atoms with van der Waals surface area (Å²) < 4.78 is 20.5. The second kappa shape index (κ2) is 8.39. The molecule has 0 bridgehead atoms. The zero-order valence-electron chi connectivity index (χ0n) is 16.1. The van der Waals surface area contributed by atoms with E-state index in [-0.39, 0.29) is 18.3 Å². The van der Waals surface area contributed by atoms with Crippen molar-refractivity contribution in [2.75, 3.05) is 32.8 Å². The van der Waals surface area contributed by atoms with Gasteiger partial charge in [-0.15, -0.1) is 0 Å². The minimum absolute atomic E-state index is 0.0445. The van der Waals surface area contributed by atoms with Crippen LogP contribution in [0.4, 0.5) is 4.39 Å². The maximum atomic E-state index is 12.9. The molecule has 2 heterocycles. The quantitative estimate of drug-likeness (QED) is 0.641. The highest BCUT2D eigenvalue weighted by atomic mass is 35.5. The summed E-state index contributed by atoms with van der Waals surface area (Å²) in [5.74, 6) is 1.07. The van der Waals surface area contributed by atoms with Crippen LogP contribution in [0.25, 0.3) is 11.0 Å². The molecule has 0 saturated carbocycles. The van der Waals surface area contributed by atoms with Gasteiger partial charge < -0.3 is 14.2 Å². The molecule has 152 valence electrons. The molecule has 1 saturated heterocycles. The van der Waals surface area contributed by atoms with E-state index in [0.29, 0.717) is 23.9 Å². The van der Waals surface area contributed by atoms with E-state index in [2.05, 4.69) is 9.47 Å². The number of rotatable bonds is 5. The van der Waals surface area contributed by atoms with E-state index in [4.69, 9.17) is 21.3 Å². The zero-order chi connectivity index (χ0) is 20.4. The molecule has 1 amide bonds. The molecule has 0 aliphatic carbocycles. The Kier molecular flexibility index (Phi) is 5.69. The molecular formula is C21H22ClFN4O2.